The van der Waals surface area contributed by atoms with E-state index in [2.05, 4.69) is 0 Å². The predicted molar refractivity (Wildman–Crippen MR) is 41.4 cm³/mol. The van der Waals surface area contributed by atoms with Crippen LogP contribution in [0.25, 0.3) is 0 Å². The normalized spacial score (nSPS) is 29.0. The van der Waals surface area contributed by atoms with Gasteiger partial charge in [0.2, 0.25) is 0 Å². The Morgan fingerprint density at radius 1 is 1.33 bits per heavy atom. The molecule has 2 rings (SSSR count). The number of Topliss-reactive ketones (excluding diaryl/α,β-unsaturated/α-hetero) is 1. The van der Waals surface area contributed by atoms with E-state index >= 15 is 0 Å². The molecule has 64 valence electrons. The summed E-state index contributed by atoms with van der Waals surface area (Å²) in [5, 5.41) is 0. The van der Waals surface area contributed by atoms with Crippen molar-refractivity contribution in [2.75, 3.05) is 6.61 Å². The van der Waals surface area contributed by atoms with Gasteiger partial charge in [-0.25, -0.2) is 0 Å². The molecule has 1 heterocycles. The number of ketones is 2. The Morgan fingerprint density at radius 2 is 2.17 bits per heavy atom. The average molecular weight is 166 g/mol. The molecule has 0 bridgehead atoms. The van der Waals surface area contributed by atoms with Crippen molar-refractivity contribution >= 4 is 11.6 Å². The SMILES string of the molecule is O=C1C=C2OCCC(=O)C2CC1. The Labute approximate surface area is 70.4 Å². The minimum atomic E-state index is -0.114. The van der Waals surface area contributed by atoms with Crippen LogP contribution in [0, 0.1) is 5.92 Å². The molecule has 0 N–H and O–H groups in total. The van der Waals surface area contributed by atoms with Gasteiger partial charge in [-0.2, -0.15) is 0 Å². The maximum absolute atomic E-state index is 11.3. The summed E-state index contributed by atoms with van der Waals surface area (Å²) in [5.74, 6) is 0.787. The monoisotopic (exact) mass is 166 g/mol. The fourth-order valence-corrected chi connectivity index (χ4v) is 1.67. The molecule has 3 nitrogen and oxygen atoms in total. The largest absolute Gasteiger partial charge is 0.497 e. The summed E-state index contributed by atoms with van der Waals surface area (Å²) in [6.07, 6.45) is 3.11. The van der Waals surface area contributed by atoms with Crippen LogP contribution in [0.5, 0.6) is 0 Å². The lowest BCUT2D eigenvalue weighted by Gasteiger charge is -2.26. The van der Waals surface area contributed by atoms with E-state index in [0.29, 0.717) is 31.6 Å². The quantitative estimate of drug-likeness (QED) is 0.535. The number of hydrogen-bond acceptors (Lipinski definition) is 3. The Balaban J connectivity index is 2.26. The molecule has 2 aliphatic rings. The highest BCUT2D eigenvalue weighted by molar-refractivity contribution is 5.95. The van der Waals surface area contributed by atoms with Crippen molar-refractivity contribution in [3.05, 3.63) is 11.8 Å². The van der Waals surface area contributed by atoms with Crippen LogP contribution in [0.2, 0.25) is 0 Å². The third-order valence-corrected chi connectivity index (χ3v) is 2.33. The number of allylic oxidation sites excluding steroid dienone is 2. The highest BCUT2D eigenvalue weighted by atomic mass is 16.5. The molecule has 1 aliphatic carbocycles. The fourth-order valence-electron chi connectivity index (χ4n) is 1.67. The van der Waals surface area contributed by atoms with Crippen molar-refractivity contribution < 1.29 is 14.3 Å². The van der Waals surface area contributed by atoms with Crippen LogP contribution in [0.3, 0.4) is 0 Å². The van der Waals surface area contributed by atoms with Crippen LogP contribution in [0.4, 0.5) is 0 Å². The maximum atomic E-state index is 11.3. The fraction of sp³-hybridized carbons (Fsp3) is 0.556. The number of carbonyl (C=O) groups is 2. The van der Waals surface area contributed by atoms with E-state index in [0.717, 1.165) is 0 Å². The molecule has 1 unspecified atom stereocenters. The number of carbonyl (C=O) groups excluding carboxylic acids is 2. The molecule has 1 fully saturated rings. The highest BCUT2D eigenvalue weighted by Crippen LogP contribution is 2.29. The van der Waals surface area contributed by atoms with Gasteiger partial charge < -0.3 is 4.74 Å². The molecule has 0 aromatic rings. The van der Waals surface area contributed by atoms with Gasteiger partial charge in [-0.3, -0.25) is 9.59 Å². The highest BCUT2D eigenvalue weighted by Gasteiger charge is 2.31. The van der Waals surface area contributed by atoms with E-state index in [1.807, 2.05) is 0 Å². The standard InChI is InChI=1S/C9H10O3/c10-6-1-2-7-8(11)3-4-12-9(7)5-6/h5,7H,1-4H2. The minimum Gasteiger partial charge on any atom is -0.497 e. The van der Waals surface area contributed by atoms with Crippen LogP contribution in [0.1, 0.15) is 19.3 Å². The zero-order valence-electron chi connectivity index (χ0n) is 6.71. The van der Waals surface area contributed by atoms with Gasteiger partial charge in [0.1, 0.15) is 11.5 Å². The Hall–Kier alpha value is -1.12. The molecule has 0 spiro atoms. The van der Waals surface area contributed by atoms with E-state index in [9.17, 15) is 9.59 Å². The zero-order valence-corrected chi connectivity index (χ0v) is 6.71. The lowest BCUT2D eigenvalue weighted by atomic mass is 9.87. The first kappa shape index (κ1) is 7.53. The van der Waals surface area contributed by atoms with Crippen LogP contribution in [-0.4, -0.2) is 18.2 Å². The second-order valence-electron chi connectivity index (χ2n) is 3.17. The van der Waals surface area contributed by atoms with E-state index in [1.54, 1.807) is 0 Å². The van der Waals surface area contributed by atoms with Gasteiger partial charge >= 0.3 is 0 Å². The number of rotatable bonds is 0. The molecule has 1 aliphatic heterocycles. The van der Waals surface area contributed by atoms with E-state index in [4.69, 9.17) is 4.74 Å². The summed E-state index contributed by atoms with van der Waals surface area (Å²) < 4.78 is 5.24. The number of fused-ring (bicyclic) bond motifs is 1. The first-order valence-electron chi connectivity index (χ1n) is 4.17. The number of hydrogen-bond donors (Lipinski definition) is 0. The molecule has 3 heteroatoms. The Morgan fingerprint density at radius 3 is 3.00 bits per heavy atom. The molecule has 12 heavy (non-hydrogen) atoms. The van der Waals surface area contributed by atoms with Crippen molar-refractivity contribution in [1.29, 1.82) is 0 Å². The zero-order chi connectivity index (χ0) is 8.55. The summed E-state index contributed by atoms with van der Waals surface area (Å²) in [5.41, 5.74) is 0. The molecule has 0 radical (unpaired) electrons. The third-order valence-electron chi connectivity index (χ3n) is 2.33. The smallest absolute Gasteiger partial charge is 0.159 e. The summed E-state index contributed by atoms with van der Waals surface area (Å²) in [4.78, 5) is 22.3. The molecular weight excluding hydrogens is 156 g/mol. The summed E-state index contributed by atoms with van der Waals surface area (Å²) in [7, 11) is 0. The van der Waals surface area contributed by atoms with Gasteiger partial charge in [-0.15, -0.1) is 0 Å². The molecule has 0 saturated carbocycles. The summed E-state index contributed by atoms with van der Waals surface area (Å²) >= 11 is 0. The minimum absolute atomic E-state index is 0.0796. The summed E-state index contributed by atoms with van der Waals surface area (Å²) in [6.45, 7) is 0.439. The molecular formula is C9H10O3. The van der Waals surface area contributed by atoms with Crippen molar-refractivity contribution in [2.45, 2.75) is 19.3 Å². The molecule has 1 saturated heterocycles. The van der Waals surface area contributed by atoms with Gasteiger partial charge in [0.05, 0.1) is 12.5 Å². The number of ether oxygens (including phenoxy) is 1. The van der Waals surface area contributed by atoms with E-state index in [1.165, 1.54) is 6.08 Å². The second-order valence-corrected chi connectivity index (χ2v) is 3.17. The maximum Gasteiger partial charge on any atom is 0.159 e. The Bertz CT molecular complexity index is 265. The average Bonchev–Trinajstić information content (AvgIpc) is 2.04. The van der Waals surface area contributed by atoms with Gasteiger partial charge in [-0.1, -0.05) is 0 Å². The van der Waals surface area contributed by atoms with Crippen molar-refractivity contribution in [2.24, 2.45) is 5.92 Å². The van der Waals surface area contributed by atoms with Crippen LogP contribution in [0.15, 0.2) is 11.8 Å². The second kappa shape index (κ2) is 2.73. The summed E-state index contributed by atoms with van der Waals surface area (Å²) in [6, 6.07) is 0. The van der Waals surface area contributed by atoms with Crippen LogP contribution < -0.4 is 0 Å². The molecule has 0 amide bonds. The third kappa shape index (κ3) is 1.15. The van der Waals surface area contributed by atoms with Gasteiger partial charge in [0.25, 0.3) is 0 Å². The lowest BCUT2D eigenvalue weighted by Crippen LogP contribution is -2.29. The van der Waals surface area contributed by atoms with Crippen molar-refractivity contribution in [1.82, 2.24) is 0 Å². The molecule has 0 aromatic carbocycles. The Kier molecular flexibility index (Phi) is 1.71. The topological polar surface area (TPSA) is 43.4 Å². The first-order chi connectivity index (χ1) is 5.77. The van der Waals surface area contributed by atoms with E-state index in [-0.39, 0.29) is 17.5 Å². The predicted octanol–water partition coefficient (Wildman–Crippen LogP) is 0.839. The van der Waals surface area contributed by atoms with Crippen molar-refractivity contribution in [3.63, 3.8) is 0 Å². The van der Waals surface area contributed by atoms with Crippen LogP contribution >= 0.6 is 0 Å². The lowest BCUT2D eigenvalue weighted by molar-refractivity contribution is -0.128. The first-order valence-corrected chi connectivity index (χ1v) is 4.17. The van der Waals surface area contributed by atoms with Crippen LogP contribution in [-0.2, 0) is 14.3 Å². The van der Waals surface area contributed by atoms with E-state index < -0.39 is 0 Å². The van der Waals surface area contributed by atoms with Gasteiger partial charge in [-0.05, 0) is 6.42 Å². The molecule has 0 aromatic heterocycles. The van der Waals surface area contributed by atoms with Gasteiger partial charge in [0.15, 0.2) is 5.78 Å². The van der Waals surface area contributed by atoms with Gasteiger partial charge in [0, 0.05) is 18.9 Å². The van der Waals surface area contributed by atoms with Crippen molar-refractivity contribution in [3.8, 4) is 0 Å². The molecule has 1 atom stereocenters.